The third-order valence-corrected chi connectivity index (χ3v) is 2.59. The zero-order chi connectivity index (χ0) is 11.8. The molecule has 0 saturated carbocycles. The molecule has 0 aliphatic rings. The van der Waals surface area contributed by atoms with Crippen molar-refractivity contribution in [2.75, 3.05) is 13.2 Å². The van der Waals surface area contributed by atoms with E-state index in [9.17, 15) is 0 Å². The summed E-state index contributed by atoms with van der Waals surface area (Å²) in [5.41, 5.74) is 6.70. The summed E-state index contributed by atoms with van der Waals surface area (Å²) in [6.07, 6.45) is 1.59. The fourth-order valence-electron chi connectivity index (χ4n) is 1.38. The fourth-order valence-corrected chi connectivity index (χ4v) is 1.79. The lowest BCUT2D eigenvalue weighted by atomic mass is 10.1. The van der Waals surface area contributed by atoms with Gasteiger partial charge in [0.15, 0.2) is 0 Å². The van der Waals surface area contributed by atoms with Gasteiger partial charge < -0.3 is 10.5 Å². The summed E-state index contributed by atoms with van der Waals surface area (Å²) in [6, 6.07) is 5.99. The molecule has 0 aliphatic carbocycles. The highest BCUT2D eigenvalue weighted by molar-refractivity contribution is 9.10. The van der Waals surface area contributed by atoms with E-state index in [-0.39, 0.29) is 0 Å². The molecule has 0 aromatic heterocycles. The van der Waals surface area contributed by atoms with Crippen LogP contribution in [0.15, 0.2) is 22.7 Å². The Labute approximate surface area is 105 Å². The lowest BCUT2D eigenvalue weighted by molar-refractivity contribution is 0.323. The second-order valence-electron chi connectivity index (χ2n) is 3.32. The van der Waals surface area contributed by atoms with Gasteiger partial charge in [-0.25, -0.2) is 0 Å². The Morgan fingerprint density at radius 1 is 1.44 bits per heavy atom. The maximum atomic E-state index is 5.67. The molecule has 0 heterocycles. The summed E-state index contributed by atoms with van der Waals surface area (Å²) in [6.45, 7) is 3.08. The van der Waals surface area contributed by atoms with Crippen molar-refractivity contribution < 1.29 is 4.74 Å². The minimum absolute atomic E-state index is 0.625. The summed E-state index contributed by atoms with van der Waals surface area (Å²) >= 11 is 3.44. The second kappa shape index (κ2) is 7.32. The smallest absolute Gasteiger partial charge is 0.122 e. The first-order valence-corrected chi connectivity index (χ1v) is 6.08. The van der Waals surface area contributed by atoms with Crippen molar-refractivity contribution >= 4 is 15.9 Å². The highest BCUT2D eigenvalue weighted by atomic mass is 79.9. The van der Waals surface area contributed by atoms with Crippen LogP contribution in [0.2, 0.25) is 0 Å². The molecular formula is C13H16BrNO. The molecule has 2 N–H and O–H groups in total. The normalized spacial score (nSPS) is 9.44. The van der Waals surface area contributed by atoms with Gasteiger partial charge in [-0.2, -0.15) is 0 Å². The Kier molecular flexibility index (Phi) is 5.99. The first kappa shape index (κ1) is 13.1. The van der Waals surface area contributed by atoms with Crippen LogP contribution in [0.4, 0.5) is 0 Å². The summed E-state index contributed by atoms with van der Waals surface area (Å²) in [7, 11) is 0. The number of rotatable bonds is 5. The van der Waals surface area contributed by atoms with E-state index >= 15 is 0 Å². The molecular weight excluding hydrogens is 266 g/mol. The van der Waals surface area contributed by atoms with E-state index in [4.69, 9.17) is 10.5 Å². The molecule has 0 radical (unpaired) electrons. The second-order valence-corrected chi connectivity index (χ2v) is 4.23. The SMILES string of the molecule is CC#CCCOc1ccc(Br)cc1CCN. The predicted octanol–water partition coefficient (Wildman–Crippen LogP) is 2.74. The summed E-state index contributed by atoms with van der Waals surface area (Å²) in [4.78, 5) is 0. The molecule has 0 fully saturated rings. The van der Waals surface area contributed by atoms with Crippen molar-refractivity contribution in [2.45, 2.75) is 19.8 Å². The van der Waals surface area contributed by atoms with Crippen LogP contribution in [0.3, 0.4) is 0 Å². The van der Waals surface area contributed by atoms with Crippen LogP contribution in [0.25, 0.3) is 0 Å². The molecule has 1 aromatic carbocycles. The molecule has 0 saturated heterocycles. The molecule has 0 atom stereocenters. The zero-order valence-corrected chi connectivity index (χ0v) is 11.0. The molecule has 0 spiro atoms. The summed E-state index contributed by atoms with van der Waals surface area (Å²) in [5, 5.41) is 0. The van der Waals surface area contributed by atoms with Crippen LogP contribution in [-0.4, -0.2) is 13.2 Å². The Morgan fingerprint density at radius 2 is 2.25 bits per heavy atom. The molecule has 3 heteroatoms. The molecule has 2 nitrogen and oxygen atoms in total. The van der Waals surface area contributed by atoms with Crippen LogP contribution >= 0.6 is 15.9 Å². The van der Waals surface area contributed by atoms with Crippen molar-refractivity contribution in [3.8, 4) is 17.6 Å². The van der Waals surface area contributed by atoms with Gasteiger partial charge in [-0.05, 0) is 43.7 Å². The van der Waals surface area contributed by atoms with Crippen molar-refractivity contribution in [1.29, 1.82) is 0 Å². The lowest BCUT2D eigenvalue weighted by Gasteiger charge is -2.10. The Morgan fingerprint density at radius 3 is 2.94 bits per heavy atom. The van der Waals surface area contributed by atoms with Gasteiger partial charge >= 0.3 is 0 Å². The van der Waals surface area contributed by atoms with Crippen LogP contribution in [-0.2, 0) is 6.42 Å². The summed E-state index contributed by atoms with van der Waals surface area (Å²) < 4.78 is 6.72. The third-order valence-electron chi connectivity index (χ3n) is 2.10. The van der Waals surface area contributed by atoms with Gasteiger partial charge in [0.05, 0.1) is 6.61 Å². The van der Waals surface area contributed by atoms with Crippen molar-refractivity contribution in [1.82, 2.24) is 0 Å². The number of hydrogen-bond acceptors (Lipinski definition) is 2. The standard InChI is InChI=1S/C13H16BrNO/c1-2-3-4-9-16-13-6-5-12(14)10-11(13)7-8-15/h5-6,10H,4,7-9,15H2,1H3. The van der Waals surface area contributed by atoms with Crippen LogP contribution in [0, 0.1) is 11.8 Å². The van der Waals surface area contributed by atoms with Gasteiger partial charge in [0.2, 0.25) is 0 Å². The molecule has 1 aromatic rings. The molecule has 0 bridgehead atoms. The van der Waals surface area contributed by atoms with E-state index < -0.39 is 0 Å². The Hall–Kier alpha value is -0.980. The van der Waals surface area contributed by atoms with E-state index in [2.05, 4.69) is 27.8 Å². The maximum Gasteiger partial charge on any atom is 0.122 e. The Balaban J connectivity index is 2.65. The molecule has 0 aliphatic heterocycles. The van der Waals surface area contributed by atoms with E-state index in [0.29, 0.717) is 13.2 Å². The third kappa shape index (κ3) is 4.26. The van der Waals surface area contributed by atoms with E-state index in [1.807, 2.05) is 25.1 Å². The number of benzene rings is 1. The van der Waals surface area contributed by atoms with Crippen LogP contribution < -0.4 is 10.5 Å². The first-order chi connectivity index (χ1) is 7.77. The molecule has 1 rings (SSSR count). The lowest BCUT2D eigenvalue weighted by Crippen LogP contribution is -2.06. The van der Waals surface area contributed by atoms with Gasteiger partial charge in [-0.15, -0.1) is 11.8 Å². The highest BCUT2D eigenvalue weighted by Gasteiger charge is 2.03. The van der Waals surface area contributed by atoms with E-state index in [1.165, 1.54) is 0 Å². The highest BCUT2D eigenvalue weighted by Crippen LogP contribution is 2.23. The minimum Gasteiger partial charge on any atom is -0.492 e. The topological polar surface area (TPSA) is 35.2 Å². The number of halogens is 1. The number of nitrogens with two attached hydrogens (primary N) is 1. The van der Waals surface area contributed by atoms with Gasteiger partial charge in [-0.1, -0.05) is 15.9 Å². The van der Waals surface area contributed by atoms with Crippen molar-refractivity contribution in [3.05, 3.63) is 28.2 Å². The van der Waals surface area contributed by atoms with Crippen LogP contribution in [0.1, 0.15) is 18.9 Å². The number of ether oxygens (including phenoxy) is 1. The monoisotopic (exact) mass is 281 g/mol. The van der Waals surface area contributed by atoms with Crippen LogP contribution in [0.5, 0.6) is 5.75 Å². The fraction of sp³-hybridized carbons (Fsp3) is 0.385. The molecule has 0 unspecified atom stereocenters. The first-order valence-electron chi connectivity index (χ1n) is 5.29. The average molecular weight is 282 g/mol. The maximum absolute atomic E-state index is 5.67. The molecule has 86 valence electrons. The molecule has 16 heavy (non-hydrogen) atoms. The average Bonchev–Trinajstić information content (AvgIpc) is 2.27. The van der Waals surface area contributed by atoms with Gasteiger partial charge in [0.25, 0.3) is 0 Å². The zero-order valence-electron chi connectivity index (χ0n) is 9.42. The quantitative estimate of drug-likeness (QED) is 0.665. The van der Waals surface area contributed by atoms with Gasteiger partial charge in [0, 0.05) is 10.9 Å². The number of hydrogen-bond donors (Lipinski definition) is 1. The van der Waals surface area contributed by atoms with Gasteiger partial charge in [-0.3, -0.25) is 0 Å². The predicted molar refractivity (Wildman–Crippen MR) is 70.5 cm³/mol. The van der Waals surface area contributed by atoms with Crippen molar-refractivity contribution in [3.63, 3.8) is 0 Å². The Bertz CT molecular complexity index is 393. The van der Waals surface area contributed by atoms with Crippen molar-refractivity contribution in [2.24, 2.45) is 5.73 Å². The van der Waals surface area contributed by atoms with E-state index in [0.717, 1.165) is 28.6 Å². The molecule has 0 amide bonds. The largest absolute Gasteiger partial charge is 0.492 e. The summed E-state index contributed by atoms with van der Waals surface area (Å²) in [5.74, 6) is 6.73. The minimum atomic E-state index is 0.625. The van der Waals surface area contributed by atoms with Gasteiger partial charge in [0.1, 0.15) is 5.75 Å². The van der Waals surface area contributed by atoms with E-state index in [1.54, 1.807) is 0 Å².